The first-order valence-electron chi connectivity index (χ1n) is 12.6. The number of ether oxygens (including phenoxy) is 1. The van der Waals surface area contributed by atoms with Gasteiger partial charge < -0.3 is 19.2 Å². The average Bonchev–Trinajstić information content (AvgIpc) is 3.34. The van der Waals surface area contributed by atoms with Gasteiger partial charge in [-0.15, -0.1) is 0 Å². The van der Waals surface area contributed by atoms with Gasteiger partial charge in [0.05, 0.1) is 24.4 Å². The second-order valence-electron chi connectivity index (χ2n) is 8.97. The van der Waals surface area contributed by atoms with Crippen molar-refractivity contribution in [2.75, 3.05) is 11.5 Å². The Hall–Kier alpha value is -4.91. The highest BCUT2D eigenvalue weighted by Gasteiger charge is 2.19. The van der Waals surface area contributed by atoms with Crippen molar-refractivity contribution in [3.05, 3.63) is 132 Å². The van der Waals surface area contributed by atoms with E-state index in [2.05, 4.69) is 4.98 Å². The van der Waals surface area contributed by atoms with Crippen molar-refractivity contribution in [1.82, 2.24) is 4.98 Å². The quantitative estimate of drug-likeness (QED) is 0.205. The number of anilines is 2. The number of nitrogens with zero attached hydrogens (tertiary/aromatic N) is 2. The van der Waals surface area contributed by atoms with Gasteiger partial charge in [-0.3, -0.25) is 0 Å². The highest BCUT2D eigenvalue weighted by atomic mass is 19.1. The van der Waals surface area contributed by atoms with E-state index >= 15 is 0 Å². The molecule has 39 heavy (non-hydrogen) atoms. The molecule has 0 spiro atoms. The van der Waals surface area contributed by atoms with Gasteiger partial charge in [0.1, 0.15) is 17.3 Å². The number of carbonyl (C=O) groups is 1. The summed E-state index contributed by atoms with van der Waals surface area (Å²) in [6.07, 6.45) is 0.589. The molecule has 196 valence electrons. The molecule has 0 fully saturated rings. The van der Waals surface area contributed by atoms with E-state index in [1.807, 2.05) is 96.8 Å². The molecule has 6 nitrogen and oxygen atoms in total. The number of rotatable bonds is 10. The molecule has 0 radical (unpaired) electrons. The number of hydrogen-bond donors (Lipinski definition) is 1. The molecule has 7 heteroatoms. The third-order valence-electron chi connectivity index (χ3n) is 6.40. The lowest BCUT2D eigenvalue weighted by Gasteiger charge is -2.26. The molecule has 0 saturated heterocycles. The maximum absolute atomic E-state index is 14.8. The van der Waals surface area contributed by atoms with Crippen LogP contribution in [0.5, 0.6) is 5.75 Å². The van der Waals surface area contributed by atoms with Crippen LogP contribution in [0.2, 0.25) is 0 Å². The van der Waals surface area contributed by atoms with Crippen LogP contribution < -0.4 is 9.64 Å². The topological polar surface area (TPSA) is 75.8 Å². The predicted octanol–water partition coefficient (Wildman–Crippen LogP) is 7.45. The number of aromatic nitrogens is 1. The van der Waals surface area contributed by atoms with E-state index < -0.39 is 11.8 Å². The van der Waals surface area contributed by atoms with Crippen molar-refractivity contribution >= 4 is 17.3 Å². The minimum Gasteiger partial charge on any atom is -0.493 e. The summed E-state index contributed by atoms with van der Waals surface area (Å²) in [6.45, 7) is 2.36. The molecule has 1 aromatic heterocycles. The Morgan fingerprint density at radius 2 is 1.56 bits per heavy atom. The van der Waals surface area contributed by atoms with Gasteiger partial charge in [-0.1, -0.05) is 42.5 Å². The van der Waals surface area contributed by atoms with Crippen LogP contribution in [-0.4, -0.2) is 22.7 Å². The molecule has 0 aliphatic rings. The van der Waals surface area contributed by atoms with Crippen LogP contribution in [-0.2, 0) is 13.0 Å². The normalized spacial score (nSPS) is 10.8. The number of carboxylic acids is 1. The van der Waals surface area contributed by atoms with Gasteiger partial charge in [0.25, 0.3) is 0 Å². The standard InChI is InChI=1S/C32H27FN2O4/c1-22-30(34-31(39-22)23-9-4-2-5-10-23)19-20-38-26-17-15-25(16-18-26)35(24-11-6-3-7-12-24)21-28-27(32(36)37)13-8-14-29(28)33/h2-18H,19-21H2,1H3,(H,36,37). The van der Waals surface area contributed by atoms with Crippen molar-refractivity contribution in [2.45, 2.75) is 19.9 Å². The Labute approximate surface area is 225 Å². The van der Waals surface area contributed by atoms with E-state index in [1.54, 1.807) is 0 Å². The number of benzene rings is 4. The van der Waals surface area contributed by atoms with E-state index in [0.29, 0.717) is 24.7 Å². The molecule has 5 rings (SSSR count). The van der Waals surface area contributed by atoms with Gasteiger partial charge in [0.2, 0.25) is 5.89 Å². The molecule has 1 heterocycles. The Morgan fingerprint density at radius 1 is 0.897 bits per heavy atom. The van der Waals surface area contributed by atoms with E-state index in [-0.39, 0.29) is 17.7 Å². The number of aromatic carboxylic acids is 1. The molecular weight excluding hydrogens is 495 g/mol. The summed E-state index contributed by atoms with van der Waals surface area (Å²) >= 11 is 0. The first kappa shape index (κ1) is 25.7. The first-order chi connectivity index (χ1) is 19.0. The zero-order valence-corrected chi connectivity index (χ0v) is 21.4. The Morgan fingerprint density at radius 3 is 2.26 bits per heavy atom. The molecule has 1 N–H and O–H groups in total. The van der Waals surface area contributed by atoms with Crippen LogP contribution in [0.3, 0.4) is 0 Å². The summed E-state index contributed by atoms with van der Waals surface area (Å²) in [5.74, 6) is 0.303. The fraction of sp³-hybridized carbons (Fsp3) is 0.125. The Kier molecular flexibility index (Phi) is 7.68. The van der Waals surface area contributed by atoms with E-state index in [0.717, 1.165) is 28.4 Å². The molecule has 0 aliphatic carbocycles. The number of halogens is 1. The van der Waals surface area contributed by atoms with Crippen molar-refractivity contribution < 1.29 is 23.4 Å². The minimum absolute atomic E-state index is 0.0493. The Balaban J connectivity index is 1.30. The molecular formula is C32H27FN2O4. The van der Waals surface area contributed by atoms with Crippen LogP contribution in [0.1, 0.15) is 27.4 Å². The second-order valence-corrected chi connectivity index (χ2v) is 8.97. The van der Waals surface area contributed by atoms with E-state index in [9.17, 15) is 14.3 Å². The smallest absolute Gasteiger partial charge is 0.336 e. The molecule has 0 aliphatic heterocycles. The molecule has 0 bridgehead atoms. The van der Waals surface area contributed by atoms with Crippen LogP contribution in [0.4, 0.5) is 15.8 Å². The summed E-state index contributed by atoms with van der Waals surface area (Å²) in [5, 5.41) is 9.61. The first-order valence-corrected chi connectivity index (χ1v) is 12.6. The number of para-hydroxylation sites is 1. The van der Waals surface area contributed by atoms with Crippen molar-refractivity contribution in [3.8, 4) is 17.2 Å². The van der Waals surface area contributed by atoms with Crippen LogP contribution in [0.15, 0.2) is 108 Å². The molecule has 0 unspecified atom stereocenters. The summed E-state index contributed by atoms with van der Waals surface area (Å²) in [7, 11) is 0. The minimum atomic E-state index is -1.17. The summed E-state index contributed by atoms with van der Waals surface area (Å²) < 4.78 is 26.6. The van der Waals surface area contributed by atoms with Gasteiger partial charge >= 0.3 is 5.97 Å². The van der Waals surface area contributed by atoms with Gasteiger partial charge in [-0.2, -0.15) is 0 Å². The maximum atomic E-state index is 14.8. The second kappa shape index (κ2) is 11.6. The number of hydrogen-bond acceptors (Lipinski definition) is 5. The Bertz CT molecular complexity index is 1550. The molecule has 5 aromatic rings. The number of aryl methyl sites for hydroxylation is 1. The van der Waals surface area contributed by atoms with Gasteiger partial charge in [-0.25, -0.2) is 14.2 Å². The largest absolute Gasteiger partial charge is 0.493 e. The van der Waals surface area contributed by atoms with Crippen LogP contribution in [0.25, 0.3) is 11.5 Å². The highest BCUT2D eigenvalue weighted by Crippen LogP contribution is 2.31. The molecule has 0 atom stereocenters. The molecule has 0 amide bonds. The van der Waals surface area contributed by atoms with Gasteiger partial charge in [0, 0.05) is 28.9 Å². The fourth-order valence-electron chi connectivity index (χ4n) is 4.37. The van der Waals surface area contributed by atoms with Crippen molar-refractivity contribution in [3.63, 3.8) is 0 Å². The van der Waals surface area contributed by atoms with Crippen molar-refractivity contribution in [2.24, 2.45) is 0 Å². The summed E-state index contributed by atoms with van der Waals surface area (Å²) in [6, 6.07) is 30.8. The zero-order chi connectivity index (χ0) is 27.2. The number of oxazole rings is 1. The molecule has 4 aromatic carbocycles. The van der Waals surface area contributed by atoms with E-state index in [4.69, 9.17) is 9.15 Å². The average molecular weight is 523 g/mol. The van der Waals surface area contributed by atoms with E-state index in [1.165, 1.54) is 18.2 Å². The fourth-order valence-corrected chi connectivity index (χ4v) is 4.37. The lowest BCUT2D eigenvalue weighted by molar-refractivity contribution is 0.0695. The zero-order valence-electron chi connectivity index (χ0n) is 21.4. The van der Waals surface area contributed by atoms with Gasteiger partial charge in [0.15, 0.2) is 0 Å². The lowest BCUT2D eigenvalue weighted by atomic mass is 10.1. The maximum Gasteiger partial charge on any atom is 0.336 e. The monoisotopic (exact) mass is 522 g/mol. The SMILES string of the molecule is Cc1oc(-c2ccccc2)nc1CCOc1ccc(N(Cc2c(F)cccc2C(=O)O)c2ccccc2)cc1. The molecule has 0 saturated carbocycles. The third-order valence-corrected chi connectivity index (χ3v) is 6.40. The van der Waals surface area contributed by atoms with Crippen LogP contribution in [0, 0.1) is 12.7 Å². The lowest BCUT2D eigenvalue weighted by Crippen LogP contribution is -2.19. The summed E-state index contributed by atoms with van der Waals surface area (Å²) in [4.78, 5) is 18.3. The highest BCUT2D eigenvalue weighted by molar-refractivity contribution is 5.89. The number of carboxylic acid groups (broad SMARTS) is 1. The third kappa shape index (κ3) is 5.99. The summed E-state index contributed by atoms with van der Waals surface area (Å²) in [5.41, 5.74) is 3.41. The van der Waals surface area contributed by atoms with Crippen LogP contribution >= 0.6 is 0 Å². The van der Waals surface area contributed by atoms with Gasteiger partial charge in [-0.05, 0) is 67.6 Å². The van der Waals surface area contributed by atoms with Crippen molar-refractivity contribution in [1.29, 1.82) is 0 Å². The predicted molar refractivity (Wildman–Crippen MR) is 148 cm³/mol.